The van der Waals surface area contributed by atoms with Crippen LogP contribution in [0.2, 0.25) is 0 Å². The van der Waals surface area contributed by atoms with Crippen molar-refractivity contribution in [1.29, 1.82) is 0 Å². The minimum Gasteiger partial charge on any atom is -0.353 e. The number of hydrogen-bond donors (Lipinski definition) is 1. The van der Waals surface area contributed by atoms with Gasteiger partial charge in [-0.25, -0.2) is 0 Å². The van der Waals surface area contributed by atoms with Gasteiger partial charge in [-0.1, -0.05) is 0 Å². The second-order valence-corrected chi connectivity index (χ2v) is 4.83. The highest BCUT2D eigenvalue weighted by atomic mass is 16.2. The van der Waals surface area contributed by atoms with Crippen molar-refractivity contribution < 1.29 is 4.79 Å². The number of carbonyl (C=O) groups is 1. The number of nitrogens with one attached hydrogen (secondary N) is 1. The zero-order valence-electron chi connectivity index (χ0n) is 12.9. The predicted molar refractivity (Wildman–Crippen MR) is 82.7 cm³/mol. The van der Waals surface area contributed by atoms with E-state index in [0.29, 0.717) is 18.8 Å². The number of amides is 1. The average molecular weight is 287 g/mol. The molecule has 0 fully saturated rings. The third kappa shape index (κ3) is 3.39. The molecular formula is C15H21N5O. The molecule has 6 nitrogen and oxygen atoms in total. The van der Waals surface area contributed by atoms with Crippen LogP contribution in [0.15, 0.2) is 24.5 Å². The van der Waals surface area contributed by atoms with E-state index >= 15 is 0 Å². The molecule has 2 aromatic heterocycles. The molecule has 1 amide bonds. The number of anilines is 2. The lowest BCUT2D eigenvalue weighted by Crippen LogP contribution is -2.31. The Labute approximate surface area is 124 Å². The van der Waals surface area contributed by atoms with Gasteiger partial charge in [0, 0.05) is 38.2 Å². The smallest absolute Gasteiger partial charge is 0.272 e. The Hall–Kier alpha value is -2.37. The van der Waals surface area contributed by atoms with Gasteiger partial charge in [-0.05, 0) is 32.9 Å². The fraction of sp³-hybridized carbons (Fsp3) is 0.400. The van der Waals surface area contributed by atoms with Crippen molar-refractivity contribution in [2.24, 2.45) is 7.05 Å². The minimum absolute atomic E-state index is 0.0495. The standard InChI is InChI=1S/C15H21N5O/c1-5-20(6-2)15(21)13-9-12(7-8-16-13)17-14-10-19(4)18-11(14)3/h7-10H,5-6H2,1-4H3,(H,16,17). The van der Waals surface area contributed by atoms with Crippen molar-refractivity contribution in [3.63, 3.8) is 0 Å². The Morgan fingerprint density at radius 1 is 1.38 bits per heavy atom. The molecule has 21 heavy (non-hydrogen) atoms. The number of carbonyl (C=O) groups excluding carboxylic acids is 1. The summed E-state index contributed by atoms with van der Waals surface area (Å²) >= 11 is 0. The predicted octanol–water partition coefficient (Wildman–Crippen LogP) is 2.35. The van der Waals surface area contributed by atoms with Crippen LogP contribution < -0.4 is 5.32 Å². The summed E-state index contributed by atoms with van der Waals surface area (Å²) in [4.78, 5) is 18.2. The molecule has 2 heterocycles. The summed E-state index contributed by atoms with van der Waals surface area (Å²) in [5.74, 6) is -0.0495. The zero-order chi connectivity index (χ0) is 15.4. The first-order chi connectivity index (χ1) is 10.0. The fourth-order valence-corrected chi connectivity index (χ4v) is 2.18. The molecule has 6 heteroatoms. The third-order valence-corrected chi connectivity index (χ3v) is 3.32. The van der Waals surface area contributed by atoms with Crippen LogP contribution >= 0.6 is 0 Å². The summed E-state index contributed by atoms with van der Waals surface area (Å²) in [6.07, 6.45) is 3.55. The lowest BCUT2D eigenvalue weighted by atomic mass is 10.2. The van der Waals surface area contributed by atoms with Gasteiger partial charge in [-0.2, -0.15) is 5.10 Å². The maximum atomic E-state index is 12.3. The van der Waals surface area contributed by atoms with Crippen molar-refractivity contribution >= 4 is 17.3 Å². The van der Waals surface area contributed by atoms with Crippen LogP contribution in [0.4, 0.5) is 11.4 Å². The Morgan fingerprint density at radius 3 is 2.67 bits per heavy atom. The van der Waals surface area contributed by atoms with E-state index in [2.05, 4.69) is 15.4 Å². The summed E-state index contributed by atoms with van der Waals surface area (Å²) in [6, 6.07) is 3.61. The second kappa shape index (κ2) is 6.39. The summed E-state index contributed by atoms with van der Waals surface area (Å²) in [5, 5.41) is 7.55. The van der Waals surface area contributed by atoms with E-state index in [0.717, 1.165) is 17.1 Å². The molecule has 0 aliphatic heterocycles. The van der Waals surface area contributed by atoms with E-state index in [-0.39, 0.29) is 5.91 Å². The molecule has 0 atom stereocenters. The second-order valence-electron chi connectivity index (χ2n) is 4.83. The molecule has 0 aromatic carbocycles. The summed E-state index contributed by atoms with van der Waals surface area (Å²) in [6.45, 7) is 7.21. The SMILES string of the molecule is CCN(CC)C(=O)c1cc(Nc2cn(C)nc2C)ccn1. The van der Waals surface area contributed by atoms with E-state index in [1.807, 2.05) is 40.1 Å². The molecule has 2 aromatic rings. The Morgan fingerprint density at radius 2 is 2.10 bits per heavy atom. The molecule has 0 saturated heterocycles. The lowest BCUT2D eigenvalue weighted by molar-refractivity contribution is 0.0767. The maximum Gasteiger partial charge on any atom is 0.272 e. The first-order valence-corrected chi connectivity index (χ1v) is 7.07. The van der Waals surface area contributed by atoms with Crippen molar-refractivity contribution in [3.8, 4) is 0 Å². The fourth-order valence-electron chi connectivity index (χ4n) is 2.18. The number of aromatic nitrogens is 3. The number of aryl methyl sites for hydroxylation is 2. The van der Waals surface area contributed by atoms with Crippen LogP contribution in [-0.4, -0.2) is 38.7 Å². The van der Waals surface area contributed by atoms with Gasteiger partial charge >= 0.3 is 0 Å². The van der Waals surface area contributed by atoms with E-state index in [4.69, 9.17) is 0 Å². The van der Waals surface area contributed by atoms with Gasteiger partial charge in [0.2, 0.25) is 0 Å². The molecule has 0 saturated carbocycles. The monoisotopic (exact) mass is 287 g/mol. The molecular weight excluding hydrogens is 266 g/mol. The molecule has 0 spiro atoms. The third-order valence-electron chi connectivity index (χ3n) is 3.32. The maximum absolute atomic E-state index is 12.3. The van der Waals surface area contributed by atoms with E-state index < -0.39 is 0 Å². The largest absolute Gasteiger partial charge is 0.353 e. The van der Waals surface area contributed by atoms with Crippen molar-refractivity contribution in [3.05, 3.63) is 35.9 Å². The molecule has 0 aliphatic carbocycles. The van der Waals surface area contributed by atoms with Crippen LogP contribution in [0.5, 0.6) is 0 Å². The first kappa shape index (κ1) is 15.0. The summed E-state index contributed by atoms with van der Waals surface area (Å²) in [7, 11) is 1.88. The van der Waals surface area contributed by atoms with Gasteiger partial charge in [-0.15, -0.1) is 0 Å². The molecule has 112 valence electrons. The lowest BCUT2D eigenvalue weighted by Gasteiger charge is -2.18. The minimum atomic E-state index is -0.0495. The molecule has 0 unspecified atom stereocenters. The quantitative estimate of drug-likeness (QED) is 0.917. The summed E-state index contributed by atoms with van der Waals surface area (Å²) < 4.78 is 1.75. The van der Waals surface area contributed by atoms with E-state index in [1.54, 1.807) is 21.8 Å². The molecule has 1 N–H and O–H groups in total. The van der Waals surface area contributed by atoms with Crippen molar-refractivity contribution in [2.75, 3.05) is 18.4 Å². The van der Waals surface area contributed by atoms with Crippen LogP contribution in [0.3, 0.4) is 0 Å². The van der Waals surface area contributed by atoms with Gasteiger partial charge in [0.05, 0.1) is 11.4 Å². The van der Waals surface area contributed by atoms with Crippen LogP contribution in [0.25, 0.3) is 0 Å². The summed E-state index contributed by atoms with van der Waals surface area (Å²) in [5.41, 5.74) is 3.11. The van der Waals surface area contributed by atoms with E-state index in [1.165, 1.54) is 0 Å². The van der Waals surface area contributed by atoms with Gasteiger partial charge in [0.15, 0.2) is 0 Å². The topological polar surface area (TPSA) is 63.1 Å². The van der Waals surface area contributed by atoms with Crippen LogP contribution in [-0.2, 0) is 7.05 Å². The zero-order valence-corrected chi connectivity index (χ0v) is 12.9. The van der Waals surface area contributed by atoms with E-state index in [9.17, 15) is 4.79 Å². The van der Waals surface area contributed by atoms with Gasteiger partial charge < -0.3 is 10.2 Å². The van der Waals surface area contributed by atoms with Gasteiger partial charge in [-0.3, -0.25) is 14.5 Å². The average Bonchev–Trinajstić information content (AvgIpc) is 2.78. The first-order valence-electron chi connectivity index (χ1n) is 7.07. The Balaban J connectivity index is 2.21. The number of nitrogens with zero attached hydrogens (tertiary/aromatic N) is 4. The van der Waals surface area contributed by atoms with Crippen molar-refractivity contribution in [2.45, 2.75) is 20.8 Å². The molecule has 2 rings (SSSR count). The van der Waals surface area contributed by atoms with Crippen LogP contribution in [0, 0.1) is 6.92 Å². The number of rotatable bonds is 5. The molecule has 0 aliphatic rings. The highest BCUT2D eigenvalue weighted by Gasteiger charge is 2.14. The Bertz CT molecular complexity index is 631. The number of hydrogen-bond acceptors (Lipinski definition) is 4. The number of pyridine rings is 1. The van der Waals surface area contributed by atoms with Gasteiger partial charge in [0.25, 0.3) is 5.91 Å². The molecule has 0 bridgehead atoms. The van der Waals surface area contributed by atoms with Gasteiger partial charge in [0.1, 0.15) is 5.69 Å². The van der Waals surface area contributed by atoms with Crippen molar-refractivity contribution in [1.82, 2.24) is 19.7 Å². The Kier molecular flexibility index (Phi) is 4.57. The highest BCUT2D eigenvalue weighted by molar-refractivity contribution is 5.93. The van der Waals surface area contributed by atoms with Crippen LogP contribution in [0.1, 0.15) is 30.0 Å². The normalized spacial score (nSPS) is 10.5. The molecule has 0 radical (unpaired) electrons. The highest BCUT2D eigenvalue weighted by Crippen LogP contribution is 2.19.